The number of hydrogen-bond acceptors (Lipinski definition) is 1. The first-order valence-corrected chi connectivity index (χ1v) is 3.68. The molecule has 0 rings (SSSR count). The van der Waals surface area contributed by atoms with Gasteiger partial charge in [-0.2, -0.15) is 0 Å². The van der Waals surface area contributed by atoms with Gasteiger partial charge in [0.15, 0.2) is 0 Å². The van der Waals surface area contributed by atoms with Gasteiger partial charge in [0.1, 0.15) is 0 Å². The van der Waals surface area contributed by atoms with Crippen LogP contribution < -0.4 is 0 Å². The van der Waals surface area contributed by atoms with Crippen molar-refractivity contribution in [3.05, 3.63) is 5.21 Å². The lowest BCUT2D eigenvalue weighted by Gasteiger charge is -2.37. The van der Waals surface area contributed by atoms with Crippen LogP contribution in [-0.2, 0) is 0 Å². The van der Waals surface area contributed by atoms with Gasteiger partial charge in [-0.1, -0.05) is 13.3 Å². The first kappa shape index (κ1) is 8.92. The molecule has 0 bridgehead atoms. The van der Waals surface area contributed by atoms with E-state index in [2.05, 4.69) is 6.92 Å². The Kier molecular flexibility index (Phi) is 3.82. The molecule has 1 unspecified atom stereocenters. The van der Waals surface area contributed by atoms with E-state index in [1.807, 2.05) is 6.92 Å². The number of hydrogen-bond donors (Lipinski definition) is 0. The van der Waals surface area contributed by atoms with Crippen LogP contribution in [0.3, 0.4) is 0 Å². The molecule has 0 aliphatic rings. The van der Waals surface area contributed by atoms with Crippen molar-refractivity contribution in [1.82, 2.24) is 0 Å². The molecule has 0 fully saturated rings. The smallest absolute Gasteiger partial charge is 0.0781 e. The Balaban J connectivity index is 3.33. The topological polar surface area (TPSA) is 23.1 Å². The zero-order valence-electron chi connectivity index (χ0n) is 6.68. The van der Waals surface area contributed by atoms with Crippen LogP contribution in [0.25, 0.3) is 0 Å². The summed E-state index contributed by atoms with van der Waals surface area (Å²) in [5.41, 5.74) is 0. The maximum Gasteiger partial charge on any atom is 0.0781 e. The summed E-state index contributed by atoms with van der Waals surface area (Å²) in [7, 11) is 1.73. The second-order valence-electron chi connectivity index (χ2n) is 2.69. The van der Waals surface area contributed by atoms with Gasteiger partial charge in [0.25, 0.3) is 0 Å². The first-order valence-electron chi connectivity index (χ1n) is 3.68. The van der Waals surface area contributed by atoms with E-state index in [0.29, 0.717) is 6.54 Å². The number of rotatable bonds is 4. The molecule has 0 aliphatic carbocycles. The zero-order chi connectivity index (χ0) is 7.33. The summed E-state index contributed by atoms with van der Waals surface area (Å²) in [6, 6.07) is 0. The molecule has 0 aromatic rings. The Morgan fingerprint density at radius 3 is 2.22 bits per heavy atom. The minimum absolute atomic E-state index is 0.0756. The highest BCUT2D eigenvalue weighted by atomic mass is 16.5. The monoisotopic (exact) mass is 131 g/mol. The van der Waals surface area contributed by atoms with Crippen LogP contribution in [0, 0.1) is 5.21 Å². The third-order valence-corrected chi connectivity index (χ3v) is 1.65. The Morgan fingerprint density at radius 2 is 1.89 bits per heavy atom. The number of hydroxylamine groups is 3. The fourth-order valence-corrected chi connectivity index (χ4v) is 0.651. The summed E-state index contributed by atoms with van der Waals surface area (Å²) in [6.45, 7) is 5.51. The van der Waals surface area contributed by atoms with Crippen LogP contribution in [0.15, 0.2) is 0 Å². The lowest BCUT2D eigenvalue weighted by atomic mass is 10.3. The van der Waals surface area contributed by atoms with E-state index in [4.69, 9.17) is 0 Å². The van der Waals surface area contributed by atoms with Crippen molar-refractivity contribution in [1.29, 1.82) is 0 Å². The van der Waals surface area contributed by atoms with Crippen molar-refractivity contribution in [3.63, 3.8) is 0 Å². The molecular weight excluding hydrogens is 114 g/mol. The summed E-state index contributed by atoms with van der Waals surface area (Å²) < 4.78 is -0.0756. The van der Waals surface area contributed by atoms with Crippen molar-refractivity contribution in [2.24, 2.45) is 0 Å². The second kappa shape index (κ2) is 3.85. The van der Waals surface area contributed by atoms with Crippen LogP contribution in [0.2, 0.25) is 0 Å². The number of nitrogens with zero attached hydrogens (tertiary/aromatic N) is 1. The molecule has 0 aliphatic heterocycles. The lowest BCUT2D eigenvalue weighted by molar-refractivity contribution is -0.859. The Hall–Kier alpha value is -0.0800. The lowest BCUT2D eigenvalue weighted by Crippen LogP contribution is -2.37. The van der Waals surface area contributed by atoms with E-state index >= 15 is 0 Å². The zero-order valence-corrected chi connectivity index (χ0v) is 6.68. The average molecular weight is 131 g/mol. The molecule has 56 valence electrons. The SMILES string of the molecule is CCCC[N+](C)([O-])CC. The molecule has 1 atom stereocenters. The highest BCUT2D eigenvalue weighted by Crippen LogP contribution is 2.00. The highest BCUT2D eigenvalue weighted by Gasteiger charge is 2.03. The summed E-state index contributed by atoms with van der Waals surface area (Å²) in [5.74, 6) is 0. The fourth-order valence-electron chi connectivity index (χ4n) is 0.651. The third kappa shape index (κ3) is 4.43. The first-order chi connectivity index (χ1) is 4.12. The summed E-state index contributed by atoms with van der Waals surface area (Å²) in [5, 5.41) is 11.2. The fraction of sp³-hybridized carbons (Fsp3) is 1.00. The van der Waals surface area contributed by atoms with Crippen LogP contribution in [0.1, 0.15) is 26.7 Å². The van der Waals surface area contributed by atoms with Crippen molar-refractivity contribution < 1.29 is 4.65 Å². The van der Waals surface area contributed by atoms with E-state index in [0.717, 1.165) is 19.4 Å². The summed E-state index contributed by atoms with van der Waals surface area (Å²) in [6.07, 6.45) is 2.17. The minimum Gasteiger partial charge on any atom is -0.633 e. The third-order valence-electron chi connectivity index (χ3n) is 1.65. The molecule has 0 spiro atoms. The maximum absolute atomic E-state index is 11.2. The Bertz CT molecular complexity index is 71.3. The minimum atomic E-state index is -0.0756. The number of unbranched alkanes of at least 4 members (excludes halogenated alkanes) is 1. The molecule has 0 aromatic heterocycles. The summed E-state index contributed by atoms with van der Waals surface area (Å²) in [4.78, 5) is 0. The van der Waals surface area contributed by atoms with Crippen molar-refractivity contribution in [3.8, 4) is 0 Å². The normalized spacial score (nSPS) is 17.3. The van der Waals surface area contributed by atoms with Gasteiger partial charge in [-0.15, -0.1) is 0 Å². The molecule has 0 N–H and O–H groups in total. The molecule has 0 radical (unpaired) electrons. The van der Waals surface area contributed by atoms with E-state index in [9.17, 15) is 5.21 Å². The van der Waals surface area contributed by atoms with Gasteiger partial charge in [-0.05, 0) is 13.3 Å². The molecular formula is C7H17NO. The second-order valence-corrected chi connectivity index (χ2v) is 2.69. The quantitative estimate of drug-likeness (QED) is 0.421. The van der Waals surface area contributed by atoms with E-state index < -0.39 is 0 Å². The van der Waals surface area contributed by atoms with Gasteiger partial charge in [-0.3, -0.25) is 0 Å². The van der Waals surface area contributed by atoms with Crippen LogP contribution >= 0.6 is 0 Å². The van der Waals surface area contributed by atoms with E-state index in [1.54, 1.807) is 7.05 Å². The van der Waals surface area contributed by atoms with Gasteiger partial charge in [0.2, 0.25) is 0 Å². The van der Waals surface area contributed by atoms with Crippen LogP contribution in [0.4, 0.5) is 0 Å². The van der Waals surface area contributed by atoms with Gasteiger partial charge >= 0.3 is 0 Å². The van der Waals surface area contributed by atoms with Crippen molar-refractivity contribution in [2.45, 2.75) is 26.7 Å². The summed E-state index contributed by atoms with van der Waals surface area (Å²) >= 11 is 0. The predicted octanol–water partition coefficient (Wildman–Crippen LogP) is 1.75. The van der Waals surface area contributed by atoms with Crippen LogP contribution in [0.5, 0.6) is 0 Å². The average Bonchev–Trinajstić information content (AvgIpc) is 1.84. The van der Waals surface area contributed by atoms with Gasteiger partial charge in [0, 0.05) is 0 Å². The van der Waals surface area contributed by atoms with Gasteiger partial charge < -0.3 is 9.85 Å². The molecule has 0 amide bonds. The van der Waals surface area contributed by atoms with Crippen molar-refractivity contribution in [2.75, 3.05) is 20.1 Å². The van der Waals surface area contributed by atoms with Crippen molar-refractivity contribution >= 4 is 0 Å². The Morgan fingerprint density at radius 1 is 1.33 bits per heavy atom. The number of quaternary nitrogens is 1. The largest absolute Gasteiger partial charge is 0.633 e. The van der Waals surface area contributed by atoms with Gasteiger partial charge in [-0.25, -0.2) is 0 Å². The maximum atomic E-state index is 11.2. The molecule has 2 heteroatoms. The molecule has 0 saturated carbocycles. The molecule has 9 heavy (non-hydrogen) atoms. The molecule has 0 saturated heterocycles. The highest BCUT2D eigenvalue weighted by molar-refractivity contribution is 4.35. The molecule has 0 aromatic carbocycles. The molecule has 2 nitrogen and oxygen atoms in total. The Labute approximate surface area is 57.6 Å². The molecule has 0 heterocycles. The van der Waals surface area contributed by atoms with Crippen LogP contribution in [-0.4, -0.2) is 24.8 Å². The van der Waals surface area contributed by atoms with E-state index in [-0.39, 0.29) is 4.65 Å². The van der Waals surface area contributed by atoms with E-state index in [1.165, 1.54) is 0 Å². The van der Waals surface area contributed by atoms with Gasteiger partial charge in [0.05, 0.1) is 20.1 Å². The standard InChI is InChI=1S/C7H17NO/c1-4-6-7-8(3,9)5-2/h4-7H2,1-3H3. The predicted molar refractivity (Wildman–Crippen MR) is 39.9 cm³/mol.